The number of nitrogens with one attached hydrogen (secondary N) is 2. The molecule has 0 aliphatic heterocycles. The minimum absolute atomic E-state index is 0.0112. The van der Waals surface area contributed by atoms with Gasteiger partial charge < -0.3 is 25.4 Å². The summed E-state index contributed by atoms with van der Waals surface area (Å²) in [6.45, 7) is 13.3. The van der Waals surface area contributed by atoms with Crippen LogP contribution < -0.4 is 10.6 Å². The Balaban J connectivity index is 2.56. The molecule has 0 aliphatic carbocycles. The van der Waals surface area contributed by atoms with Crippen LogP contribution in [0.2, 0.25) is 0 Å². The highest BCUT2D eigenvalue weighted by Gasteiger charge is 2.42. The second-order valence-corrected chi connectivity index (χ2v) is 11.4. The van der Waals surface area contributed by atoms with Crippen molar-refractivity contribution in [3.05, 3.63) is 65.7 Å². The number of hydrogen-bond acceptors (Lipinski definition) is 5. The Hall–Kier alpha value is -3.55. The molecule has 0 saturated heterocycles. The maximum Gasteiger partial charge on any atom is 0.408 e. The number of amides is 3. The number of benzene rings is 2. The molecule has 0 spiro atoms. The van der Waals surface area contributed by atoms with E-state index in [1.807, 2.05) is 58.0 Å². The van der Waals surface area contributed by atoms with Gasteiger partial charge in [0.2, 0.25) is 11.8 Å². The molecule has 0 radical (unpaired) electrons. The minimum atomic E-state index is -1.04. The number of ether oxygens (including phenoxy) is 1. The minimum Gasteiger partial charge on any atom is -0.508 e. The zero-order chi connectivity index (χ0) is 28.5. The summed E-state index contributed by atoms with van der Waals surface area (Å²) in [5, 5.41) is 15.9. The van der Waals surface area contributed by atoms with Crippen molar-refractivity contribution >= 4 is 17.9 Å². The Morgan fingerprint density at radius 1 is 0.974 bits per heavy atom. The average Bonchev–Trinajstić information content (AvgIpc) is 2.80. The van der Waals surface area contributed by atoms with E-state index >= 15 is 0 Å². The van der Waals surface area contributed by atoms with Crippen molar-refractivity contribution in [2.75, 3.05) is 6.54 Å². The summed E-state index contributed by atoms with van der Waals surface area (Å²) >= 11 is 0. The number of carbonyl (C=O) groups excluding carboxylic acids is 3. The molecule has 0 aliphatic rings. The zero-order valence-corrected chi connectivity index (χ0v) is 23.7. The van der Waals surface area contributed by atoms with E-state index < -0.39 is 35.2 Å². The van der Waals surface area contributed by atoms with E-state index in [-0.39, 0.29) is 18.1 Å². The van der Waals surface area contributed by atoms with Gasteiger partial charge >= 0.3 is 6.09 Å². The molecular formula is C30H43N3O5. The Morgan fingerprint density at radius 3 is 2.18 bits per heavy atom. The monoisotopic (exact) mass is 525 g/mol. The molecule has 2 unspecified atom stereocenters. The number of alkyl carbamates (subject to hydrolysis) is 1. The third-order valence-corrected chi connectivity index (χ3v) is 5.75. The zero-order valence-electron chi connectivity index (χ0n) is 23.7. The maximum atomic E-state index is 14.3. The van der Waals surface area contributed by atoms with Crippen molar-refractivity contribution in [1.29, 1.82) is 0 Å². The first-order chi connectivity index (χ1) is 17.7. The molecule has 2 aromatic carbocycles. The largest absolute Gasteiger partial charge is 0.508 e. The van der Waals surface area contributed by atoms with Gasteiger partial charge in [0.25, 0.3) is 0 Å². The predicted molar refractivity (Wildman–Crippen MR) is 149 cm³/mol. The molecular weight excluding hydrogens is 482 g/mol. The number of phenolic OH excluding ortho intramolecular Hbond substituents is 1. The summed E-state index contributed by atoms with van der Waals surface area (Å²) in [5.41, 5.74) is -0.257. The quantitative estimate of drug-likeness (QED) is 0.374. The van der Waals surface area contributed by atoms with Gasteiger partial charge in [-0.25, -0.2) is 4.79 Å². The molecule has 2 aromatic rings. The number of carbonyl (C=O) groups is 3. The van der Waals surface area contributed by atoms with E-state index in [1.54, 1.807) is 32.9 Å². The van der Waals surface area contributed by atoms with E-state index in [9.17, 15) is 19.5 Å². The smallest absolute Gasteiger partial charge is 0.408 e. The lowest BCUT2D eigenvalue weighted by Gasteiger charge is -2.43. The first kappa shape index (κ1) is 30.7. The Bertz CT molecular complexity index is 1070. The van der Waals surface area contributed by atoms with E-state index in [0.717, 1.165) is 18.4 Å². The van der Waals surface area contributed by atoms with Crippen LogP contribution in [0.5, 0.6) is 5.75 Å². The molecule has 0 aromatic heterocycles. The van der Waals surface area contributed by atoms with E-state index in [1.165, 1.54) is 17.0 Å². The van der Waals surface area contributed by atoms with Crippen LogP contribution in [0.3, 0.4) is 0 Å². The molecule has 3 amide bonds. The van der Waals surface area contributed by atoms with Crippen molar-refractivity contribution in [2.45, 2.75) is 91.0 Å². The summed E-state index contributed by atoms with van der Waals surface area (Å²) in [4.78, 5) is 42.3. The SMILES string of the molecule is CCCCNC(=O)C(c1cccc(O)c1)N(C(=O)C(Cc1ccccc1)NC(=O)OC(C)(C)C)C(C)(C)C. The summed E-state index contributed by atoms with van der Waals surface area (Å²) in [7, 11) is 0. The lowest BCUT2D eigenvalue weighted by Crippen LogP contribution is -2.59. The summed E-state index contributed by atoms with van der Waals surface area (Å²) < 4.78 is 5.46. The topological polar surface area (TPSA) is 108 Å². The van der Waals surface area contributed by atoms with Gasteiger partial charge in [0.05, 0.1) is 0 Å². The van der Waals surface area contributed by atoms with Crippen LogP contribution in [0.15, 0.2) is 54.6 Å². The third kappa shape index (κ3) is 9.39. The Morgan fingerprint density at radius 2 is 1.63 bits per heavy atom. The molecule has 208 valence electrons. The van der Waals surface area contributed by atoms with Crippen molar-refractivity contribution in [3.63, 3.8) is 0 Å². The van der Waals surface area contributed by atoms with E-state index in [0.29, 0.717) is 12.1 Å². The van der Waals surface area contributed by atoms with Crippen LogP contribution in [-0.2, 0) is 20.7 Å². The Kier molecular flexibility index (Phi) is 10.7. The normalized spacial score (nSPS) is 13.2. The van der Waals surface area contributed by atoms with Crippen LogP contribution in [0.1, 0.15) is 78.5 Å². The molecule has 8 nitrogen and oxygen atoms in total. The van der Waals surface area contributed by atoms with Gasteiger partial charge in [-0.2, -0.15) is 0 Å². The Labute approximate surface area is 226 Å². The highest BCUT2D eigenvalue weighted by atomic mass is 16.6. The number of unbranched alkanes of at least 4 members (excludes halogenated alkanes) is 1. The first-order valence-electron chi connectivity index (χ1n) is 13.2. The van der Waals surface area contributed by atoms with E-state index in [2.05, 4.69) is 10.6 Å². The second-order valence-electron chi connectivity index (χ2n) is 11.4. The fourth-order valence-corrected chi connectivity index (χ4v) is 4.11. The van der Waals surface area contributed by atoms with Gasteiger partial charge in [0, 0.05) is 18.5 Å². The molecule has 0 saturated carbocycles. The fraction of sp³-hybridized carbons (Fsp3) is 0.500. The lowest BCUT2D eigenvalue weighted by atomic mass is 9.94. The van der Waals surface area contributed by atoms with Crippen molar-refractivity contribution in [1.82, 2.24) is 15.5 Å². The lowest BCUT2D eigenvalue weighted by molar-refractivity contribution is -0.148. The van der Waals surface area contributed by atoms with Gasteiger partial charge in [-0.05, 0) is 71.2 Å². The van der Waals surface area contributed by atoms with Gasteiger partial charge in [-0.15, -0.1) is 0 Å². The van der Waals surface area contributed by atoms with Crippen molar-refractivity contribution in [3.8, 4) is 5.75 Å². The number of nitrogens with zero attached hydrogens (tertiary/aromatic N) is 1. The first-order valence-corrected chi connectivity index (χ1v) is 13.2. The van der Waals surface area contributed by atoms with Crippen molar-refractivity contribution in [2.24, 2.45) is 0 Å². The van der Waals surface area contributed by atoms with Gasteiger partial charge in [0.15, 0.2) is 0 Å². The summed E-state index contributed by atoms with van der Waals surface area (Å²) in [6, 6.07) is 13.7. The number of aromatic hydroxyl groups is 1. The number of phenols is 1. The predicted octanol–water partition coefficient (Wildman–Crippen LogP) is 5.11. The molecule has 2 rings (SSSR count). The molecule has 38 heavy (non-hydrogen) atoms. The molecule has 2 atom stereocenters. The average molecular weight is 526 g/mol. The van der Waals surface area contributed by atoms with E-state index in [4.69, 9.17) is 4.74 Å². The van der Waals surface area contributed by atoms with Gasteiger partial charge in [-0.3, -0.25) is 9.59 Å². The maximum absolute atomic E-state index is 14.3. The highest BCUT2D eigenvalue weighted by Crippen LogP contribution is 2.32. The van der Waals surface area contributed by atoms with Crippen LogP contribution in [0, 0.1) is 0 Å². The van der Waals surface area contributed by atoms with Gasteiger partial charge in [0.1, 0.15) is 23.4 Å². The molecule has 8 heteroatoms. The molecule has 3 N–H and O–H groups in total. The van der Waals surface area contributed by atoms with Crippen LogP contribution in [-0.4, -0.2) is 51.6 Å². The fourth-order valence-electron chi connectivity index (χ4n) is 4.11. The highest BCUT2D eigenvalue weighted by molar-refractivity contribution is 5.93. The van der Waals surface area contributed by atoms with Crippen LogP contribution in [0.4, 0.5) is 4.79 Å². The number of hydrogen-bond donors (Lipinski definition) is 3. The summed E-state index contributed by atoms with van der Waals surface area (Å²) in [6.07, 6.45) is 1.17. The summed E-state index contributed by atoms with van der Waals surface area (Å²) in [5.74, 6) is -0.808. The van der Waals surface area contributed by atoms with Gasteiger partial charge in [-0.1, -0.05) is 55.8 Å². The third-order valence-electron chi connectivity index (χ3n) is 5.75. The van der Waals surface area contributed by atoms with Crippen molar-refractivity contribution < 1.29 is 24.2 Å². The second kappa shape index (κ2) is 13.3. The number of rotatable bonds is 10. The molecule has 0 bridgehead atoms. The van der Waals surface area contributed by atoms with Crippen LogP contribution >= 0.6 is 0 Å². The standard InChI is InChI=1S/C30H43N3O5/c1-8-9-18-31-26(35)25(22-16-13-17-23(34)20-22)33(29(2,3)4)27(36)24(19-21-14-11-10-12-15-21)32-28(37)38-30(5,6)7/h10-17,20,24-25,34H,8-9,18-19H2,1-7H3,(H,31,35)(H,32,37). The molecule has 0 fully saturated rings. The van der Waals surface area contributed by atoms with Crippen LogP contribution in [0.25, 0.3) is 0 Å². The molecule has 0 heterocycles.